The summed E-state index contributed by atoms with van der Waals surface area (Å²) in [6.45, 7) is 2.08. The quantitative estimate of drug-likeness (QED) is 0.783. The number of hydrogen-bond acceptors (Lipinski definition) is 3. The summed E-state index contributed by atoms with van der Waals surface area (Å²) in [5.74, 6) is 0. The molecule has 0 amide bonds. The smallest absolute Gasteiger partial charge is 0.0910 e. The minimum absolute atomic E-state index is 0.923. The van der Waals surface area contributed by atoms with Crippen molar-refractivity contribution in [2.45, 2.75) is 13.3 Å². The maximum atomic E-state index is 4.50. The Kier molecular flexibility index (Phi) is 2.31. The van der Waals surface area contributed by atoms with E-state index in [1.807, 2.05) is 31.4 Å². The van der Waals surface area contributed by atoms with Gasteiger partial charge in [-0.05, 0) is 24.6 Å². The molecule has 14 heavy (non-hydrogen) atoms. The van der Waals surface area contributed by atoms with Crippen molar-refractivity contribution >= 4 is 16.7 Å². The maximum absolute atomic E-state index is 4.50. The Labute approximate surface area is 83.2 Å². The lowest BCUT2D eigenvalue weighted by atomic mass is 10.2. The van der Waals surface area contributed by atoms with E-state index in [9.17, 15) is 0 Å². The molecule has 0 spiro atoms. The largest absolute Gasteiger partial charge is 0.388 e. The van der Waals surface area contributed by atoms with Crippen LogP contribution >= 0.6 is 0 Å². The first-order valence-electron chi connectivity index (χ1n) is 4.77. The van der Waals surface area contributed by atoms with Crippen molar-refractivity contribution in [3.05, 3.63) is 30.1 Å². The van der Waals surface area contributed by atoms with Crippen LogP contribution in [-0.2, 0) is 6.42 Å². The van der Waals surface area contributed by atoms with Crippen LogP contribution in [0, 0.1) is 0 Å². The molecule has 0 saturated carbocycles. The van der Waals surface area contributed by atoms with Gasteiger partial charge in [-0.3, -0.25) is 4.98 Å². The fraction of sp³-hybridized carbons (Fsp3) is 0.273. The Morgan fingerprint density at radius 3 is 2.86 bits per heavy atom. The summed E-state index contributed by atoms with van der Waals surface area (Å²) >= 11 is 0. The number of benzene rings is 1. The molecule has 0 bridgehead atoms. The van der Waals surface area contributed by atoms with Crippen molar-refractivity contribution in [2.75, 3.05) is 12.4 Å². The summed E-state index contributed by atoms with van der Waals surface area (Å²) in [6, 6.07) is 6.00. The fourth-order valence-corrected chi connectivity index (χ4v) is 1.38. The molecule has 0 atom stereocenters. The first kappa shape index (κ1) is 8.94. The van der Waals surface area contributed by atoms with Crippen LogP contribution in [0.2, 0.25) is 0 Å². The van der Waals surface area contributed by atoms with Crippen molar-refractivity contribution in [2.24, 2.45) is 0 Å². The van der Waals surface area contributed by atoms with Gasteiger partial charge in [-0.15, -0.1) is 0 Å². The summed E-state index contributed by atoms with van der Waals surface area (Å²) in [6.07, 6.45) is 2.76. The van der Waals surface area contributed by atoms with Gasteiger partial charge in [0.15, 0.2) is 0 Å². The minimum Gasteiger partial charge on any atom is -0.388 e. The summed E-state index contributed by atoms with van der Waals surface area (Å²) in [5.41, 5.74) is 4.00. The topological polar surface area (TPSA) is 37.8 Å². The van der Waals surface area contributed by atoms with Gasteiger partial charge in [0.1, 0.15) is 0 Å². The number of aromatic nitrogens is 2. The zero-order chi connectivity index (χ0) is 9.97. The number of nitrogens with one attached hydrogen (secondary N) is 1. The van der Waals surface area contributed by atoms with E-state index < -0.39 is 0 Å². The molecule has 3 nitrogen and oxygen atoms in total. The lowest BCUT2D eigenvalue weighted by Crippen LogP contribution is -1.93. The molecule has 0 aliphatic heterocycles. The van der Waals surface area contributed by atoms with Gasteiger partial charge in [0.25, 0.3) is 0 Å². The SMILES string of the molecule is CCc1cnc2ccc(NC)cc2n1. The minimum atomic E-state index is 0.923. The number of hydrogen-bond donors (Lipinski definition) is 1. The van der Waals surface area contributed by atoms with E-state index in [0.29, 0.717) is 0 Å². The molecule has 1 aromatic carbocycles. The highest BCUT2D eigenvalue weighted by molar-refractivity contribution is 5.78. The van der Waals surface area contributed by atoms with Gasteiger partial charge >= 0.3 is 0 Å². The van der Waals surface area contributed by atoms with E-state index in [2.05, 4.69) is 22.2 Å². The van der Waals surface area contributed by atoms with Gasteiger partial charge in [-0.1, -0.05) is 6.92 Å². The standard InChI is InChI=1S/C11H13N3/c1-3-8-7-13-10-5-4-9(12-2)6-11(10)14-8/h4-7,12H,3H2,1-2H3. The van der Waals surface area contributed by atoms with Gasteiger partial charge in [0, 0.05) is 18.9 Å². The maximum Gasteiger partial charge on any atom is 0.0910 e. The Balaban J connectivity index is 2.60. The summed E-state index contributed by atoms with van der Waals surface area (Å²) in [4.78, 5) is 8.84. The second-order valence-electron chi connectivity index (χ2n) is 3.17. The van der Waals surface area contributed by atoms with Gasteiger partial charge in [-0.25, -0.2) is 4.98 Å². The third-order valence-electron chi connectivity index (χ3n) is 2.24. The molecular formula is C11H13N3. The Morgan fingerprint density at radius 1 is 1.29 bits per heavy atom. The van der Waals surface area contributed by atoms with Crippen LogP contribution in [0.1, 0.15) is 12.6 Å². The number of fused-ring (bicyclic) bond motifs is 1. The Bertz CT molecular complexity index is 412. The lowest BCUT2D eigenvalue weighted by Gasteiger charge is -2.02. The Hall–Kier alpha value is -1.64. The van der Waals surface area contributed by atoms with Crippen LogP contribution in [0.5, 0.6) is 0 Å². The zero-order valence-electron chi connectivity index (χ0n) is 8.41. The number of rotatable bonds is 2. The van der Waals surface area contributed by atoms with E-state index >= 15 is 0 Å². The van der Waals surface area contributed by atoms with Gasteiger partial charge < -0.3 is 5.32 Å². The third-order valence-corrected chi connectivity index (χ3v) is 2.24. The first-order chi connectivity index (χ1) is 6.83. The molecule has 1 aromatic heterocycles. The van der Waals surface area contributed by atoms with E-state index in [1.54, 1.807) is 0 Å². The predicted octanol–water partition coefficient (Wildman–Crippen LogP) is 2.23. The van der Waals surface area contributed by atoms with Crippen molar-refractivity contribution in [3.8, 4) is 0 Å². The van der Waals surface area contributed by atoms with Crippen molar-refractivity contribution in [3.63, 3.8) is 0 Å². The Morgan fingerprint density at radius 2 is 2.14 bits per heavy atom. The van der Waals surface area contributed by atoms with Crippen LogP contribution < -0.4 is 5.32 Å². The fourth-order valence-electron chi connectivity index (χ4n) is 1.38. The zero-order valence-corrected chi connectivity index (χ0v) is 8.41. The van der Waals surface area contributed by atoms with Crippen LogP contribution in [0.4, 0.5) is 5.69 Å². The van der Waals surface area contributed by atoms with Crippen molar-refractivity contribution < 1.29 is 0 Å². The normalized spacial score (nSPS) is 10.4. The molecule has 2 aromatic rings. The lowest BCUT2D eigenvalue weighted by molar-refractivity contribution is 1.03. The molecule has 0 radical (unpaired) electrons. The van der Waals surface area contributed by atoms with Crippen molar-refractivity contribution in [1.82, 2.24) is 9.97 Å². The van der Waals surface area contributed by atoms with E-state index in [1.165, 1.54) is 0 Å². The second kappa shape index (κ2) is 3.62. The molecule has 1 N–H and O–H groups in total. The van der Waals surface area contributed by atoms with E-state index in [4.69, 9.17) is 0 Å². The average molecular weight is 187 g/mol. The summed E-state index contributed by atoms with van der Waals surface area (Å²) in [7, 11) is 1.90. The summed E-state index contributed by atoms with van der Waals surface area (Å²) < 4.78 is 0. The van der Waals surface area contributed by atoms with Gasteiger partial charge in [-0.2, -0.15) is 0 Å². The molecule has 0 aliphatic rings. The molecule has 1 heterocycles. The molecule has 0 unspecified atom stereocenters. The van der Waals surface area contributed by atoms with Crippen LogP contribution in [0.25, 0.3) is 11.0 Å². The van der Waals surface area contributed by atoms with Crippen LogP contribution in [0.15, 0.2) is 24.4 Å². The summed E-state index contributed by atoms with van der Waals surface area (Å²) in [5, 5.41) is 3.09. The molecule has 0 aliphatic carbocycles. The molecule has 72 valence electrons. The highest BCUT2D eigenvalue weighted by Crippen LogP contribution is 2.15. The highest BCUT2D eigenvalue weighted by atomic mass is 14.8. The molecule has 2 rings (SSSR count). The van der Waals surface area contributed by atoms with Crippen LogP contribution in [0.3, 0.4) is 0 Å². The number of anilines is 1. The van der Waals surface area contributed by atoms with Crippen molar-refractivity contribution in [1.29, 1.82) is 0 Å². The molecular weight excluding hydrogens is 174 g/mol. The average Bonchev–Trinajstić information content (AvgIpc) is 2.27. The molecule has 3 heteroatoms. The number of aryl methyl sites for hydroxylation is 1. The van der Waals surface area contributed by atoms with E-state index in [0.717, 1.165) is 28.8 Å². The van der Waals surface area contributed by atoms with Gasteiger partial charge in [0.05, 0.1) is 16.7 Å². The predicted molar refractivity (Wildman–Crippen MR) is 58.5 cm³/mol. The molecule has 0 saturated heterocycles. The first-order valence-corrected chi connectivity index (χ1v) is 4.77. The second-order valence-corrected chi connectivity index (χ2v) is 3.17. The monoisotopic (exact) mass is 187 g/mol. The van der Waals surface area contributed by atoms with Crippen LogP contribution in [-0.4, -0.2) is 17.0 Å². The van der Waals surface area contributed by atoms with Gasteiger partial charge in [0.2, 0.25) is 0 Å². The third kappa shape index (κ3) is 1.53. The number of nitrogens with zero attached hydrogens (tertiary/aromatic N) is 2. The highest BCUT2D eigenvalue weighted by Gasteiger charge is 1.98. The van der Waals surface area contributed by atoms with E-state index in [-0.39, 0.29) is 0 Å². The molecule has 0 fully saturated rings.